The van der Waals surface area contributed by atoms with Crippen LogP contribution in [-0.4, -0.2) is 34.1 Å². The number of carbonyl (C=O) groups is 1. The smallest absolute Gasteiger partial charge is 0.325 e. The number of H-pyrrole nitrogens is 2. The summed E-state index contributed by atoms with van der Waals surface area (Å²) in [6, 6.07) is 14.3. The number of aromatic amines is 2. The number of hydrogen-bond donors (Lipinski definition) is 4. The minimum Gasteiger partial charge on any atom is -0.497 e. The molecule has 2 aromatic carbocycles. The molecule has 1 aliphatic rings. The third-order valence-electron chi connectivity index (χ3n) is 5.03. The van der Waals surface area contributed by atoms with Gasteiger partial charge in [-0.3, -0.25) is 9.78 Å². The average molecular weight is 379 g/mol. The minimum atomic E-state index is -0.529. The van der Waals surface area contributed by atoms with Crippen molar-refractivity contribution >= 4 is 5.91 Å². The molecule has 1 heterocycles. The summed E-state index contributed by atoms with van der Waals surface area (Å²) in [5.41, 5.74) is 4.29. The molecule has 0 aliphatic heterocycles. The fraction of sp³-hybridized carbons (Fsp3) is 0.238. The summed E-state index contributed by atoms with van der Waals surface area (Å²) in [7, 11) is 1.65. The molecule has 1 aromatic heterocycles. The first-order valence-electron chi connectivity index (χ1n) is 9.07. The number of aromatic hydroxyl groups is 1. The number of methoxy groups -OCH3 is 1. The fourth-order valence-electron chi connectivity index (χ4n) is 3.68. The number of imidazole rings is 1. The van der Waals surface area contributed by atoms with Crippen LogP contribution in [0.5, 0.6) is 11.6 Å². The molecular weight excluding hydrogens is 358 g/mol. The molecule has 0 saturated carbocycles. The number of carbonyl (C=O) groups excluding carboxylic acids is 1. The van der Waals surface area contributed by atoms with Gasteiger partial charge in [0.25, 0.3) is 0 Å². The molecule has 0 fully saturated rings. The maximum absolute atomic E-state index is 12.3. The Labute approximate surface area is 161 Å². The van der Waals surface area contributed by atoms with Crippen LogP contribution in [0, 0.1) is 0 Å². The molecule has 144 valence electrons. The van der Waals surface area contributed by atoms with Crippen molar-refractivity contribution in [3.05, 3.63) is 69.8 Å². The highest BCUT2D eigenvalue weighted by Gasteiger charge is 2.24. The summed E-state index contributed by atoms with van der Waals surface area (Å²) < 4.78 is 5.30. The van der Waals surface area contributed by atoms with Crippen LogP contribution in [0.25, 0.3) is 11.1 Å². The van der Waals surface area contributed by atoms with Gasteiger partial charge >= 0.3 is 5.69 Å². The second kappa shape index (κ2) is 7.26. The summed E-state index contributed by atoms with van der Waals surface area (Å²) in [6.45, 7) is 0. The number of benzene rings is 2. The van der Waals surface area contributed by atoms with E-state index in [9.17, 15) is 14.7 Å². The van der Waals surface area contributed by atoms with Crippen LogP contribution in [0.3, 0.4) is 0 Å². The first kappa shape index (κ1) is 17.9. The molecule has 1 unspecified atom stereocenters. The number of ether oxygens (including phenoxy) is 1. The second-order valence-corrected chi connectivity index (χ2v) is 6.97. The van der Waals surface area contributed by atoms with Crippen LogP contribution in [0.1, 0.15) is 16.8 Å². The molecule has 0 saturated heterocycles. The lowest BCUT2D eigenvalue weighted by atomic mass is 10.0. The quantitative estimate of drug-likeness (QED) is 0.543. The molecule has 1 atom stereocenters. The Bertz CT molecular complexity index is 1080. The Morgan fingerprint density at radius 1 is 1.14 bits per heavy atom. The Morgan fingerprint density at radius 3 is 2.68 bits per heavy atom. The predicted molar refractivity (Wildman–Crippen MR) is 105 cm³/mol. The molecule has 0 bridgehead atoms. The second-order valence-electron chi connectivity index (χ2n) is 6.97. The van der Waals surface area contributed by atoms with Crippen LogP contribution in [0.4, 0.5) is 0 Å². The van der Waals surface area contributed by atoms with E-state index in [1.54, 1.807) is 7.11 Å². The van der Waals surface area contributed by atoms with Gasteiger partial charge in [0.05, 0.1) is 19.2 Å². The number of fused-ring (bicyclic) bond motifs is 1. The Balaban J connectivity index is 1.44. The van der Waals surface area contributed by atoms with Gasteiger partial charge in [0.1, 0.15) is 5.75 Å². The fourth-order valence-corrected chi connectivity index (χ4v) is 3.68. The molecule has 0 radical (unpaired) electrons. The molecule has 4 N–H and O–H groups in total. The van der Waals surface area contributed by atoms with Crippen molar-refractivity contribution in [3.63, 3.8) is 0 Å². The Morgan fingerprint density at radius 2 is 1.93 bits per heavy atom. The molecule has 4 rings (SSSR count). The van der Waals surface area contributed by atoms with Crippen molar-refractivity contribution < 1.29 is 14.6 Å². The van der Waals surface area contributed by atoms with Gasteiger partial charge in [-0.1, -0.05) is 30.3 Å². The summed E-state index contributed by atoms with van der Waals surface area (Å²) in [4.78, 5) is 28.1. The molecular formula is C21H21N3O4. The van der Waals surface area contributed by atoms with Crippen molar-refractivity contribution in [2.75, 3.05) is 7.11 Å². The van der Waals surface area contributed by atoms with Crippen molar-refractivity contribution in [1.82, 2.24) is 15.3 Å². The molecule has 7 heteroatoms. The molecule has 1 aliphatic carbocycles. The molecule has 7 nitrogen and oxygen atoms in total. The van der Waals surface area contributed by atoms with Gasteiger partial charge in [-0.2, -0.15) is 0 Å². The summed E-state index contributed by atoms with van der Waals surface area (Å²) in [6.07, 6.45) is 1.43. The van der Waals surface area contributed by atoms with Crippen LogP contribution in [0.15, 0.2) is 47.3 Å². The lowest BCUT2D eigenvalue weighted by Crippen LogP contribution is -2.36. The van der Waals surface area contributed by atoms with Gasteiger partial charge in [-0.05, 0) is 47.2 Å². The first-order valence-corrected chi connectivity index (χ1v) is 9.07. The van der Waals surface area contributed by atoms with Crippen molar-refractivity contribution in [2.45, 2.75) is 25.3 Å². The van der Waals surface area contributed by atoms with Crippen LogP contribution in [-0.2, 0) is 24.1 Å². The highest BCUT2D eigenvalue weighted by atomic mass is 16.5. The average Bonchev–Trinajstić information content (AvgIpc) is 3.22. The van der Waals surface area contributed by atoms with E-state index in [0.29, 0.717) is 0 Å². The monoisotopic (exact) mass is 379 g/mol. The zero-order valence-corrected chi connectivity index (χ0v) is 15.4. The number of hydrogen-bond acceptors (Lipinski definition) is 4. The number of rotatable bonds is 5. The zero-order chi connectivity index (χ0) is 19.7. The first-order chi connectivity index (χ1) is 13.5. The van der Waals surface area contributed by atoms with E-state index in [1.165, 1.54) is 11.1 Å². The minimum absolute atomic E-state index is 0.00383. The van der Waals surface area contributed by atoms with E-state index in [0.717, 1.165) is 29.7 Å². The summed E-state index contributed by atoms with van der Waals surface area (Å²) in [5, 5.41) is 12.6. The highest BCUT2D eigenvalue weighted by molar-refractivity contribution is 5.79. The van der Waals surface area contributed by atoms with Crippen molar-refractivity contribution in [3.8, 4) is 22.8 Å². The standard InChI is InChI=1S/C21H21N3O4/c1-28-17-4-2-3-12(10-17)13-5-6-14-8-16(9-15(14)7-13)22-19(25)11-18-20(26)24-21(27)23-18/h2-7,10,16,26H,8-9,11H2,1H3,(H,22,25)(H2,23,24,27). The Hall–Kier alpha value is -3.48. The number of amides is 1. The van der Waals surface area contributed by atoms with Crippen LogP contribution < -0.4 is 15.7 Å². The summed E-state index contributed by atoms with van der Waals surface area (Å²) >= 11 is 0. The zero-order valence-electron chi connectivity index (χ0n) is 15.4. The van der Waals surface area contributed by atoms with Gasteiger partial charge < -0.3 is 20.1 Å². The van der Waals surface area contributed by atoms with Gasteiger partial charge in [-0.15, -0.1) is 0 Å². The molecule has 3 aromatic rings. The largest absolute Gasteiger partial charge is 0.497 e. The van der Waals surface area contributed by atoms with Crippen molar-refractivity contribution in [2.24, 2.45) is 0 Å². The number of aromatic nitrogens is 2. The highest BCUT2D eigenvalue weighted by Crippen LogP contribution is 2.30. The van der Waals surface area contributed by atoms with E-state index in [4.69, 9.17) is 4.74 Å². The third-order valence-corrected chi connectivity index (χ3v) is 5.03. The van der Waals surface area contributed by atoms with Crippen LogP contribution >= 0.6 is 0 Å². The van der Waals surface area contributed by atoms with E-state index in [2.05, 4.69) is 33.5 Å². The van der Waals surface area contributed by atoms with Gasteiger partial charge in [0.15, 0.2) is 0 Å². The van der Waals surface area contributed by atoms with Crippen molar-refractivity contribution in [1.29, 1.82) is 0 Å². The predicted octanol–water partition coefficient (Wildman–Crippen LogP) is 1.91. The van der Waals surface area contributed by atoms with E-state index >= 15 is 0 Å². The summed E-state index contributed by atoms with van der Waals surface area (Å²) in [5.74, 6) is 0.281. The van der Waals surface area contributed by atoms with Gasteiger partial charge in [-0.25, -0.2) is 4.79 Å². The van der Waals surface area contributed by atoms with Crippen LogP contribution in [0.2, 0.25) is 0 Å². The maximum Gasteiger partial charge on any atom is 0.325 e. The van der Waals surface area contributed by atoms with E-state index in [-0.39, 0.29) is 29.9 Å². The normalized spacial score (nSPS) is 15.2. The molecule has 0 spiro atoms. The molecule has 1 amide bonds. The lowest BCUT2D eigenvalue weighted by Gasteiger charge is -2.11. The van der Waals surface area contributed by atoms with E-state index in [1.807, 2.05) is 24.3 Å². The topological polar surface area (TPSA) is 107 Å². The maximum atomic E-state index is 12.3. The SMILES string of the molecule is COc1cccc(-c2ccc3c(c2)CC(NC(=O)Cc2[nH]c(=O)[nH]c2O)C3)c1. The van der Waals surface area contributed by atoms with Gasteiger partial charge in [0.2, 0.25) is 11.8 Å². The van der Waals surface area contributed by atoms with E-state index < -0.39 is 5.69 Å². The van der Waals surface area contributed by atoms with Gasteiger partial charge in [0, 0.05) is 6.04 Å². The number of nitrogens with one attached hydrogen (secondary N) is 3. The molecule has 28 heavy (non-hydrogen) atoms. The lowest BCUT2D eigenvalue weighted by molar-refractivity contribution is -0.121. The third kappa shape index (κ3) is 3.64. The Kier molecular flexibility index (Phi) is 4.65.